The average molecular weight is 305 g/mol. The van der Waals surface area contributed by atoms with E-state index in [-0.39, 0.29) is 24.1 Å². The molecule has 1 aromatic rings. The second-order valence-electron chi connectivity index (χ2n) is 3.90. The molecule has 0 amide bonds. The first-order valence-electron chi connectivity index (χ1n) is 5.28. The summed E-state index contributed by atoms with van der Waals surface area (Å²) in [5.74, 6) is 0.498. The molecular weight excluding hydrogens is 289 g/mol. The highest BCUT2D eigenvalue weighted by molar-refractivity contribution is 9.10. The van der Waals surface area contributed by atoms with Crippen LogP contribution < -0.4 is 5.32 Å². The molecule has 0 radical (unpaired) electrons. The van der Waals surface area contributed by atoms with Crippen molar-refractivity contribution in [3.8, 4) is 0 Å². The van der Waals surface area contributed by atoms with Crippen molar-refractivity contribution in [2.75, 3.05) is 13.1 Å². The molecule has 0 saturated carbocycles. The van der Waals surface area contributed by atoms with Crippen molar-refractivity contribution < 1.29 is 4.79 Å². The third-order valence-corrected chi connectivity index (χ3v) is 3.31. The number of Topliss-reactive ketones (excluding diaryl/α,β-unsaturated/α-hetero) is 1. The van der Waals surface area contributed by atoms with Crippen molar-refractivity contribution in [3.05, 3.63) is 34.3 Å². The van der Waals surface area contributed by atoms with Crippen LogP contribution in [0.5, 0.6) is 0 Å². The number of nitrogens with one attached hydrogen (secondary N) is 1. The van der Waals surface area contributed by atoms with E-state index in [1.54, 1.807) is 0 Å². The van der Waals surface area contributed by atoms with Crippen molar-refractivity contribution in [1.82, 2.24) is 5.32 Å². The second kappa shape index (κ2) is 6.38. The zero-order valence-electron chi connectivity index (χ0n) is 8.91. The van der Waals surface area contributed by atoms with E-state index in [4.69, 9.17) is 0 Å². The van der Waals surface area contributed by atoms with Gasteiger partial charge in [0, 0.05) is 16.0 Å². The minimum Gasteiger partial charge on any atom is -0.317 e. The van der Waals surface area contributed by atoms with Gasteiger partial charge in [-0.1, -0.05) is 28.1 Å². The molecule has 0 aromatic heterocycles. The van der Waals surface area contributed by atoms with Crippen LogP contribution in [-0.4, -0.2) is 18.9 Å². The maximum atomic E-state index is 12.1. The van der Waals surface area contributed by atoms with Crippen molar-refractivity contribution in [2.45, 2.75) is 12.8 Å². The molecule has 1 saturated heterocycles. The van der Waals surface area contributed by atoms with Gasteiger partial charge in [-0.2, -0.15) is 0 Å². The lowest BCUT2D eigenvalue weighted by atomic mass is 9.90. The Labute approximate surface area is 110 Å². The van der Waals surface area contributed by atoms with Gasteiger partial charge in [0.15, 0.2) is 5.78 Å². The van der Waals surface area contributed by atoms with Gasteiger partial charge in [0.1, 0.15) is 0 Å². The van der Waals surface area contributed by atoms with E-state index in [9.17, 15) is 4.79 Å². The molecule has 0 unspecified atom stereocenters. The van der Waals surface area contributed by atoms with Crippen LogP contribution in [0, 0.1) is 5.92 Å². The van der Waals surface area contributed by atoms with Crippen LogP contribution >= 0.6 is 28.3 Å². The van der Waals surface area contributed by atoms with Gasteiger partial charge in [0.25, 0.3) is 0 Å². The van der Waals surface area contributed by atoms with Gasteiger partial charge in [-0.25, -0.2) is 0 Å². The van der Waals surface area contributed by atoms with Crippen molar-refractivity contribution in [3.63, 3.8) is 0 Å². The second-order valence-corrected chi connectivity index (χ2v) is 4.81. The lowest BCUT2D eigenvalue weighted by Crippen LogP contribution is -2.31. The molecule has 1 N–H and O–H groups in total. The smallest absolute Gasteiger partial charge is 0.166 e. The molecule has 1 aliphatic rings. The maximum absolute atomic E-state index is 12.1. The molecule has 2 nitrogen and oxygen atoms in total. The number of carbonyl (C=O) groups is 1. The van der Waals surface area contributed by atoms with E-state index in [0.29, 0.717) is 0 Å². The summed E-state index contributed by atoms with van der Waals surface area (Å²) < 4.78 is 0.974. The zero-order valence-corrected chi connectivity index (χ0v) is 11.3. The van der Waals surface area contributed by atoms with E-state index in [1.165, 1.54) is 0 Å². The fourth-order valence-corrected chi connectivity index (χ4v) is 2.36. The molecule has 16 heavy (non-hydrogen) atoms. The number of benzene rings is 1. The number of hydrogen-bond acceptors (Lipinski definition) is 2. The minimum atomic E-state index is 0. The Morgan fingerprint density at radius 2 is 2.00 bits per heavy atom. The fraction of sp³-hybridized carbons (Fsp3) is 0.417. The topological polar surface area (TPSA) is 29.1 Å². The van der Waals surface area contributed by atoms with E-state index in [2.05, 4.69) is 21.2 Å². The highest BCUT2D eigenvalue weighted by Gasteiger charge is 2.21. The predicted molar refractivity (Wildman–Crippen MR) is 71.3 cm³/mol. The SMILES string of the molecule is Cl.O=C(c1cccc(Br)c1)C1CCNCC1. The molecule has 0 bridgehead atoms. The van der Waals surface area contributed by atoms with Crippen molar-refractivity contribution in [2.24, 2.45) is 5.92 Å². The van der Waals surface area contributed by atoms with E-state index >= 15 is 0 Å². The van der Waals surface area contributed by atoms with E-state index < -0.39 is 0 Å². The molecule has 0 spiro atoms. The van der Waals surface area contributed by atoms with E-state index in [0.717, 1.165) is 36.0 Å². The van der Waals surface area contributed by atoms with E-state index in [1.807, 2.05) is 24.3 Å². The highest BCUT2D eigenvalue weighted by atomic mass is 79.9. The summed E-state index contributed by atoms with van der Waals surface area (Å²) in [6, 6.07) is 7.66. The Morgan fingerprint density at radius 3 is 2.62 bits per heavy atom. The van der Waals surface area contributed by atoms with Crippen LogP contribution in [0.4, 0.5) is 0 Å². The van der Waals surface area contributed by atoms with Crippen LogP contribution in [0.1, 0.15) is 23.2 Å². The zero-order chi connectivity index (χ0) is 10.7. The van der Waals surface area contributed by atoms with Gasteiger partial charge in [0.05, 0.1) is 0 Å². The molecule has 2 rings (SSSR count). The van der Waals surface area contributed by atoms with Crippen LogP contribution in [0.25, 0.3) is 0 Å². The van der Waals surface area contributed by atoms with Gasteiger partial charge in [-0.15, -0.1) is 12.4 Å². The molecule has 0 atom stereocenters. The number of halogens is 2. The Hall–Kier alpha value is -0.380. The van der Waals surface area contributed by atoms with Crippen LogP contribution in [0.3, 0.4) is 0 Å². The summed E-state index contributed by atoms with van der Waals surface area (Å²) in [7, 11) is 0. The van der Waals surface area contributed by atoms with Crippen molar-refractivity contribution in [1.29, 1.82) is 0 Å². The maximum Gasteiger partial charge on any atom is 0.166 e. The highest BCUT2D eigenvalue weighted by Crippen LogP contribution is 2.20. The third-order valence-electron chi connectivity index (χ3n) is 2.82. The molecule has 88 valence electrons. The summed E-state index contributed by atoms with van der Waals surface area (Å²) in [5.41, 5.74) is 0.830. The average Bonchev–Trinajstić information content (AvgIpc) is 2.29. The first-order valence-corrected chi connectivity index (χ1v) is 6.07. The minimum absolute atomic E-state index is 0. The van der Waals surface area contributed by atoms with Crippen LogP contribution in [-0.2, 0) is 0 Å². The first kappa shape index (κ1) is 13.7. The molecule has 1 heterocycles. The number of ketones is 1. The number of carbonyl (C=O) groups excluding carboxylic acids is 1. The Morgan fingerprint density at radius 1 is 1.31 bits per heavy atom. The summed E-state index contributed by atoms with van der Waals surface area (Å²) in [5, 5.41) is 3.27. The summed E-state index contributed by atoms with van der Waals surface area (Å²) >= 11 is 3.39. The monoisotopic (exact) mass is 303 g/mol. The standard InChI is InChI=1S/C12H14BrNO.ClH/c13-11-3-1-2-10(8-11)12(15)9-4-6-14-7-5-9;/h1-3,8-9,14H,4-7H2;1H. The molecule has 0 aliphatic carbocycles. The Kier molecular flexibility index (Phi) is 5.46. The van der Waals surface area contributed by atoms with Crippen LogP contribution in [0.15, 0.2) is 28.7 Å². The predicted octanol–water partition coefficient (Wildman–Crippen LogP) is 3.05. The van der Waals surface area contributed by atoms with Crippen molar-refractivity contribution >= 4 is 34.1 Å². The molecule has 1 aliphatic heterocycles. The first-order chi connectivity index (χ1) is 7.27. The van der Waals surface area contributed by atoms with Gasteiger partial charge < -0.3 is 5.32 Å². The molecule has 4 heteroatoms. The number of hydrogen-bond donors (Lipinski definition) is 1. The van der Waals surface area contributed by atoms with Gasteiger partial charge >= 0.3 is 0 Å². The molecular formula is C12H15BrClNO. The Bertz CT molecular complexity index is 364. The normalized spacial score (nSPS) is 16.6. The van der Waals surface area contributed by atoms with Gasteiger partial charge in [-0.3, -0.25) is 4.79 Å². The third kappa shape index (κ3) is 3.30. The largest absolute Gasteiger partial charge is 0.317 e. The fourth-order valence-electron chi connectivity index (χ4n) is 1.96. The molecule has 1 aromatic carbocycles. The number of piperidine rings is 1. The summed E-state index contributed by atoms with van der Waals surface area (Å²) in [6.07, 6.45) is 1.93. The summed E-state index contributed by atoms with van der Waals surface area (Å²) in [6.45, 7) is 1.93. The Balaban J connectivity index is 0.00000128. The van der Waals surface area contributed by atoms with Gasteiger partial charge in [-0.05, 0) is 38.1 Å². The number of rotatable bonds is 2. The molecule has 1 fully saturated rings. The lowest BCUT2D eigenvalue weighted by molar-refractivity contribution is 0.0895. The summed E-state index contributed by atoms with van der Waals surface area (Å²) in [4.78, 5) is 12.1. The quantitative estimate of drug-likeness (QED) is 0.851. The van der Waals surface area contributed by atoms with Crippen LogP contribution in [0.2, 0.25) is 0 Å². The lowest BCUT2D eigenvalue weighted by Gasteiger charge is -2.21. The van der Waals surface area contributed by atoms with Gasteiger partial charge in [0.2, 0.25) is 0 Å².